The molecule has 35 heavy (non-hydrogen) atoms. The zero-order valence-corrected chi connectivity index (χ0v) is 19.6. The van der Waals surface area contributed by atoms with Crippen molar-refractivity contribution in [2.45, 2.75) is 26.2 Å². The molecule has 1 heterocycles. The van der Waals surface area contributed by atoms with Gasteiger partial charge in [-0.2, -0.15) is 5.10 Å². The molecule has 0 fully saturated rings. The van der Waals surface area contributed by atoms with Crippen LogP contribution in [0.4, 0.5) is 22.7 Å². The molecule has 2 aromatic carbocycles. The first kappa shape index (κ1) is 24.2. The number of nitrogens with zero attached hydrogens (tertiary/aromatic N) is 3. The van der Waals surface area contributed by atoms with E-state index in [2.05, 4.69) is 15.8 Å². The van der Waals surface area contributed by atoms with Crippen molar-refractivity contribution in [3.63, 3.8) is 0 Å². The number of benzene rings is 2. The number of halogens is 2. The van der Waals surface area contributed by atoms with Crippen molar-refractivity contribution >= 4 is 57.6 Å². The van der Waals surface area contributed by atoms with Crippen molar-refractivity contribution in [3.8, 4) is 0 Å². The SMILES string of the molecule is Cc1c(C(=O)Nc2ccc(Cl)c(Cl)c2)oc2c1/C(=N/Nc1ccc([N+](=O)[O-])cc1[N+](=O)[O-])CCC2. The zero-order valence-electron chi connectivity index (χ0n) is 18.1. The predicted molar refractivity (Wildman–Crippen MR) is 131 cm³/mol. The molecule has 1 amide bonds. The van der Waals surface area contributed by atoms with Gasteiger partial charge in [-0.15, -0.1) is 0 Å². The smallest absolute Gasteiger partial charge is 0.301 e. The number of carbonyl (C=O) groups is 1. The number of furan rings is 1. The summed E-state index contributed by atoms with van der Waals surface area (Å²) in [6.45, 7) is 1.72. The van der Waals surface area contributed by atoms with Crippen LogP contribution >= 0.6 is 23.2 Å². The van der Waals surface area contributed by atoms with E-state index in [9.17, 15) is 25.0 Å². The Balaban J connectivity index is 1.62. The fraction of sp³-hybridized carbons (Fsp3) is 0.182. The first-order valence-corrected chi connectivity index (χ1v) is 11.1. The molecule has 0 spiro atoms. The van der Waals surface area contributed by atoms with Gasteiger partial charge in [-0.1, -0.05) is 23.2 Å². The van der Waals surface area contributed by atoms with E-state index in [1.54, 1.807) is 19.1 Å². The average Bonchev–Trinajstić information content (AvgIpc) is 3.17. The number of amides is 1. The van der Waals surface area contributed by atoms with Crippen LogP contribution in [0.25, 0.3) is 0 Å². The van der Waals surface area contributed by atoms with Gasteiger partial charge >= 0.3 is 5.69 Å². The Morgan fingerprint density at radius 2 is 1.83 bits per heavy atom. The van der Waals surface area contributed by atoms with E-state index in [1.165, 1.54) is 12.1 Å². The predicted octanol–water partition coefficient (Wildman–Crippen LogP) is 6.12. The lowest BCUT2D eigenvalue weighted by Gasteiger charge is -2.13. The van der Waals surface area contributed by atoms with Crippen molar-refractivity contribution in [3.05, 3.63) is 89.3 Å². The van der Waals surface area contributed by atoms with E-state index in [1.807, 2.05) is 0 Å². The Morgan fingerprint density at radius 3 is 2.51 bits per heavy atom. The third kappa shape index (κ3) is 4.96. The standard InChI is InChI=1S/C22H17Cl2N5O6/c1-11-20-17(27-26-16-8-6-13(28(31)32)10-18(16)29(33)34)3-2-4-19(20)35-21(11)22(30)25-12-5-7-14(23)15(24)9-12/h5-10,26H,2-4H2,1H3,(H,25,30)/b27-17+. The summed E-state index contributed by atoms with van der Waals surface area (Å²) in [5, 5.41) is 30.0. The lowest BCUT2D eigenvalue weighted by atomic mass is 9.93. The summed E-state index contributed by atoms with van der Waals surface area (Å²) in [6, 6.07) is 7.93. The molecule has 0 aliphatic heterocycles. The van der Waals surface area contributed by atoms with Gasteiger partial charge in [-0.05, 0) is 44.0 Å². The highest BCUT2D eigenvalue weighted by atomic mass is 35.5. The maximum absolute atomic E-state index is 12.9. The van der Waals surface area contributed by atoms with Crippen LogP contribution in [0.5, 0.6) is 0 Å². The summed E-state index contributed by atoms with van der Waals surface area (Å²) in [4.78, 5) is 33.8. The Hall–Kier alpha value is -3.96. The zero-order chi connectivity index (χ0) is 25.3. The van der Waals surface area contributed by atoms with Crippen molar-refractivity contribution < 1.29 is 19.1 Å². The van der Waals surface area contributed by atoms with Gasteiger partial charge in [0, 0.05) is 29.3 Å². The highest BCUT2D eigenvalue weighted by Crippen LogP contribution is 2.33. The average molecular weight is 518 g/mol. The molecular weight excluding hydrogens is 501 g/mol. The van der Waals surface area contributed by atoms with Gasteiger partial charge in [0.05, 0.1) is 31.7 Å². The molecule has 2 N–H and O–H groups in total. The highest BCUT2D eigenvalue weighted by Gasteiger charge is 2.28. The molecule has 1 aromatic heterocycles. The molecule has 1 aliphatic rings. The highest BCUT2D eigenvalue weighted by molar-refractivity contribution is 6.42. The fourth-order valence-electron chi connectivity index (χ4n) is 3.77. The lowest BCUT2D eigenvalue weighted by molar-refractivity contribution is -0.393. The third-order valence-corrected chi connectivity index (χ3v) is 6.15. The normalized spacial score (nSPS) is 13.9. The van der Waals surface area contributed by atoms with Gasteiger partial charge in [0.2, 0.25) is 0 Å². The monoisotopic (exact) mass is 517 g/mol. The van der Waals surface area contributed by atoms with Crippen LogP contribution < -0.4 is 10.7 Å². The molecule has 0 saturated carbocycles. The second kappa shape index (κ2) is 9.72. The molecule has 13 heteroatoms. The molecule has 0 unspecified atom stereocenters. The van der Waals surface area contributed by atoms with Crippen molar-refractivity contribution in [2.24, 2.45) is 5.10 Å². The Morgan fingerprint density at radius 1 is 1.06 bits per heavy atom. The minimum Gasteiger partial charge on any atom is -0.455 e. The van der Waals surface area contributed by atoms with Crippen molar-refractivity contribution in [1.82, 2.24) is 0 Å². The second-order valence-electron chi connectivity index (χ2n) is 7.68. The van der Waals surface area contributed by atoms with Gasteiger partial charge < -0.3 is 9.73 Å². The van der Waals surface area contributed by atoms with Gasteiger partial charge in [0.1, 0.15) is 11.4 Å². The van der Waals surface area contributed by atoms with Crippen LogP contribution in [0.1, 0.15) is 40.3 Å². The number of fused-ring (bicyclic) bond motifs is 1. The van der Waals surface area contributed by atoms with Crippen LogP contribution in [0.3, 0.4) is 0 Å². The summed E-state index contributed by atoms with van der Waals surface area (Å²) >= 11 is 11.9. The van der Waals surface area contributed by atoms with Gasteiger partial charge in [0.15, 0.2) is 5.76 Å². The van der Waals surface area contributed by atoms with E-state index in [0.29, 0.717) is 57.6 Å². The third-order valence-electron chi connectivity index (χ3n) is 5.41. The number of carbonyl (C=O) groups excluding carboxylic acids is 1. The Kier molecular flexibility index (Phi) is 6.72. The van der Waals surface area contributed by atoms with Gasteiger partial charge in [0.25, 0.3) is 11.6 Å². The quantitative estimate of drug-likeness (QED) is 0.295. The first-order chi connectivity index (χ1) is 16.7. The summed E-state index contributed by atoms with van der Waals surface area (Å²) in [6.07, 6.45) is 1.82. The van der Waals surface area contributed by atoms with Crippen LogP contribution in [-0.2, 0) is 6.42 Å². The summed E-state index contributed by atoms with van der Waals surface area (Å²) in [5.74, 6) is 0.206. The van der Waals surface area contributed by atoms with Crippen LogP contribution in [0, 0.1) is 27.2 Å². The lowest BCUT2D eigenvalue weighted by Crippen LogP contribution is -2.14. The summed E-state index contributed by atoms with van der Waals surface area (Å²) in [7, 11) is 0. The molecule has 11 nitrogen and oxygen atoms in total. The van der Waals surface area contributed by atoms with E-state index in [4.69, 9.17) is 27.6 Å². The molecule has 0 radical (unpaired) electrons. The maximum atomic E-state index is 12.9. The summed E-state index contributed by atoms with van der Waals surface area (Å²) in [5.41, 5.74) is 3.96. The largest absolute Gasteiger partial charge is 0.455 e. The number of nitrogens with one attached hydrogen (secondary N) is 2. The molecule has 0 saturated heterocycles. The number of hydrogen-bond donors (Lipinski definition) is 2. The van der Waals surface area contributed by atoms with E-state index in [0.717, 1.165) is 12.1 Å². The van der Waals surface area contributed by atoms with E-state index < -0.39 is 27.1 Å². The Labute approximate surface area is 208 Å². The molecular formula is C22H17Cl2N5O6. The van der Waals surface area contributed by atoms with Crippen LogP contribution in [0.2, 0.25) is 10.0 Å². The number of rotatable bonds is 6. The Bertz CT molecular complexity index is 1400. The molecule has 3 aromatic rings. The molecule has 0 bridgehead atoms. The minimum absolute atomic E-state index is 0.000968. The number of nitro groups is 2. The number of hydrazone groups is 1. The van der Waals surface area contributed by atoms with Crippen molar-refractivity contribution in [2.75, 3.05) is 10.7 Å². The van der Waals surface area contributed by atoms with E-state index >= 15 is 0 Å². The van der Waals surface area contributed by atoms with Gasteiger partial charge in [-0.25, -0.2) is 0 Å². The number of aryl methyl sites for hydroxylation is 1. The van der Waals surface area contributed by atoms with Gasteiger partial charge in [-0.3, -0.25) is 30.4 Å². The number of hydrogen-bond acceptors (Lipinski definition) is 8. The van der Waals surface area contributed by atoms with Crippen LogP contribution in [-0.4, -0.2) is 21.5 Å². The first-order valence-electron chi connectivity index (χ1n) is 10.3. The molecule has 1 aliphatic carbocycles. The molecule has 180 valence electrons. The number of non-ortho nitro benzene ring substituents is 1. The van der Waals surface area contributed by atoms with Crippen LogP contribution in [0.15, 0.2) is 45.9 Å². The number of anilines is 2. The second-order valence-corrected chi connectivity index (χ2v) is 8.49. The topological polar surface area (TPSA) is 153 Å². The van der Waals surface area contributed by atoms with E-state index in [-0.39, 0.29) is 11.4 Å². The number of nitro benzene ring substituents is 2. The molecule has 0 atom stereocenters. The maximum Gasteiger partial charge on any atom is 0.301 e. The molecule has 4 rings (SSSR count). The minimum atomic E-state index is -0.726. The fourth-order valence-corrected chi connectivity index (χ4v) is 4.06. The summed E-state index contributed by atoms with van der Waals surface area (Å²) < 4.78 is 5.85. The van der Waals surface area contributed by atoms with Crippen molar-refractivity contribution in [1.29, 1.82) is 0 Å².